The highest BCUT2D eigenvalue weighted by Gasteiger charge is 2.27. The fourth-order valence-corrected chi connectivity index (χ4v) is 1.77. The summed E-state index contributed by atoms with van der Waals surface area (Å²) in [6.45, 7) is 0. The molecule has 0 aliphatic heterocycles. The maximum Gasteiger partial charge on any atom is 0.323 e. The zero-order chi connectivity index (χ0) is 12.6. The Hall–Kier alpha value is -1.92. The molecule has 2 aromatic rings. The number of hydrogen-bond donors (Lipinski definition) is 3. The molecular weight excluding hydrogens is 222 g/mol. The average Bonchev–Trinajstić information content (AvgIpc) is 2.65. The van der Waals surface area contributed by atoms with Crippen LogP contribution in [0.15, 0.2) is 24.3 Å². The van der Waals surface area contributed by atoms with Gasteiger partial charge in [-0.05, 0) is 6.07 Å². The number of aliphatic hydroxyl groups excluding tert-OH is 1. The zero-order valence-corrected chi connectivity index (χ0v) is 9.24. The summed E-state index contributed by atoms with van der Waals surface area (Å²) < 4.78 is 1.59. The minimum atomic E-state index is -1.38. The van der Waals surface area contributed by atoms with Crippen molar-refractivity contribution in [2.45, 2.75) is 12.1 Å². The summed E-state index contributed by atoms with van der Waals surface area (Å²) >= 11 is 0. The van der Waals surface area contributed by atoms with Crippen molar-refractivity contribution in [2.75, 3.05) is 0 Å². The second kappa shape index (κ2) is 4.15. The predicted molar refractivity (Wildman–Crippen MR) is 61.3 cm³/mol. The van der Waals surface area contributed by atoms with Crippen LogP contribution in [-0.2, 0) is 11.8 Å². The molecule has 0 saturated heterocycles. The van der Waals surface area contributed by atoms with Gasteiger partial charge in [-0.1, -0.05) is 18.2 Å². The number of carboxylic acid groups (broad SMARTS) is 1. The van der Waals surface area contributed by atoms with Crippen molar-refractivity contribution >= 4 is 16.9 Å². The second-order valence-electron chi connectivity index (χ2n) is 3.83. The van der Waals surface area contributed by atoms with Crippen molar-refractivity contribution < 1.29 is 15.0 Å². The number of carbonyl (C=O) groups is 1. The van der Waals surface area contributed by atoms with Crippen LogP contribution in [0.2, 0.25) is 0 Å². The summed E-state index contributed by atoms with van der Waals surface area (Å²) in [6, 6.07) is 5.87. The summed E-state index contributed by atoms with van der Waals surface area (Å²) in [5.41, 5.74) is 6.50. The first-order valence-corrected chi connectivity index (χ1v) is 5.10. The molecular formula is C11H13N3O3. The minimum Gasteiger partial charge on any atom is -0.480 e. The number of carboxylic acids is 1. The highest BCUT2D eigenvalue weighted by Crippen LogP contribution is 2.24. The lowest BCUT2D eigenvalue weighted by Gasteiger charge is -2.12. The molecule has 2 rings (SSSR count). The van der Waals surface area contributed by atoms with E-state index < -0.39 is 18.1 Å². The van der Waals surface area contributed by atoms with E-state index in [1.165, 1.54) is 0 Å². The number of hydrogen-bond acceptors (Lipinski definition) is 4. The van der Waals surface area contributed by atoms with Gasteiger partial charge in [0.2, 0.25) is 0 Å². The Kier molecular flexibility index (Phi) is 2.83. The predicted octanol–water partition coefficient (Wildman–Crippen LogP) is 0.0186. The number of aliphatic carboxylic acids is 1. The Morgan fingerprint density at radius 3 is 2.76 bits per heavy atom. The molecule has 0 bridgehead atoms. The van der Waals surface area contributed by atoms with Crippen LogP contribution in [0.5, 0.6) is 0 Å². The SMILES string of the molecule is Cn1nc(C(O)C(N)C(=O)O)c2ccccc21. The molecule has 1 aromatic heterocycles. The molecule has 0 saturated carbocycles. The molecule has 0 spiro atoms. The molecule has 90 valence electrons. The molecule has 6 nitrogen and oxygen atoms in total. The maximum atomic E-state index is 10.7. The fourth-order valence-electron chi connectivity index (χ4n) is 1.77. The molecule has 1 heterocycles. The fraction of sp³-hybridized carbons (Fsp3) is 0.273. The highest BCUT2D eigenvalue weighted by molar-refractivity contribution is 5.83. The van der Waals surface area contributed by atoms with E-state index in [1.807, 2.05) is 12.1 Å². The summed E-state index contributed by atoms with van der Waals surface area (Å²) in [5.74, 6) is -1.26. The Morgan fingerprint density at radius 2 is 2.12 bits per heavy atom. The Morgan fingerprint density at radius 1 is 1.47 bits per heavy atom. The Labute approximate surface area is 97.3 Å². The van der Waals surface area contributed by atoms with Crippen molar-refractivity contribution in [2.24, 2.45) is 12.8 Å². The van der Waals surface area contributed by atoms with Gasteiger partial charge >= 0.3 is 5.97 Å². The first-order chi connectivity index (χ1) is 8.02. The lowest BCUT2D eigenvalue weighted by atomic mass is 10.1. The van der Waals surface area contributed by atoms with E-state index in [4.69, 9.17) is 10.8 Å². The van der Waals surface area contributed by atoms with Gasteiger partial charge in [0, 0.05) is 12.4 Å². The molecule has 0 fully saturated rings. The second-order valence-corrected chi connectivity index (χ2v) is 3.83. The van der Waals surface area contributed by atoms with Crippen molar-refractivity contribution in [3.63, 3.8) is 0 Å². The number of nitrogens with two attached hydrogens (primary N) is 1. The van der Waals surface area contributed by atoms with Gasteiger partial charge in [0.25, 0.3) is 0 Å². The van der Waals surface area contributed by atoms with Crippen molar-refractivity contribution in [1.29, 1.82) is 0 Å². The topological polar surface area (TPSA) is 101 Å². The normalized spacial score (nSPS) is 14.8. The molecule has 4 N–H and O–H groups in total. The third-order valence-corrected chi connectivity index (χ3v) is 2.69. The molecule has 2 unspecified atom stereocenters. The third-order valence-electron chi connectivity index (χ3n) is 2.69. The summed E-state index contributed by atoms with van der Waals surface area (Å²) in [4.78, 5) is 10.7. The van der Waals surface area contributed by atoms with E-state index in [-0.39, 0.29) is 5.69 Å². The number of aryl methyl sites for hydroxylation is 1. The van der Waals surface area contributed by atoms with Gasteiger partial charge in [0.05, 0.1) is 5.52 Å². The van der Waals surface area contributed by atoms with Gasteiger partial charge in [-0.2, -0.15) is 5.10 Å². The molecule has 17 heavy (non-hydrogen) atoms. The monoisotopic (exact) mass is 235 g/mol. The van der Waals surface area contributed by atoms with Gasteiger partial charge in [0.15, 0.2) is 0 Å². The van der Waals surface area contributed by atoms with Crippen molar-refractivity contribution in [3.8, 4) is 0 Å². The van der Waals surface area contributed by atoms with Crippen LogP contribution in [0.4, 0.5) is 0 Å². The number of aliphatic hydroxyl groups is 1. The summed E-state index contributed by atoms with van der Waals surface area (Å²) in [5, 5.41) is 23.5. The zero-order valence-electron chi connectivity index (χ0n) is 9.24. The quantitative estimate of drug-likeness (QED) is 0.696. The van der Waals surface area contributed by atoms with E-state index >= 15 is 0 Å². The molecule has 0 amide bonds. The number of para-hydroxylation sites is 1. The Balaban J connectivity index is 2.52. The molecule has 0 aliphatic rings. The lowest BCUT2D eigenvalue weighted by Crippen LogP contribution is -2.36. The maximum absolute atomic E-state index is 10.7. The van der Waals surface area contributed by atoms with Gasteiger partial charge in [-0.25, -0.2) is 0 Å². The van der Waals surface area contributed by atoms with Gasteiger partial charge < -0.3 is 15.9 Å². The smallest absolute Gasteiger partial charge is 0.323 e. The van der Waals surface area contributed by atoms with E-state index in [2.05, 4.69) is 5.10 Å². The lowest BCUT2D eigenvalue weighted by molar-refractivity contribution is -0.141. The Bertz CT molecular complexity index is 564. The van der Waals surface area contributed by atoms with Gasteiger partial charge in [-0.3, -0.25) is 9.48 Å². The van der Waals surface area contributed by atoms with Gasteiger partial charge in [-0.15, -0.1) is 0 Å². The average molecular weight is 235 g/mol. The number of benzene rings is 1. The largest absolute Gasteiger partial charge is 0.480 e. The van der Waals surface area contributed by atoms with Crippen molar-refractivity contribution in [1.82, 2.24) is 9.78 Å². The third kappa shape index (κ3) is 1.88. The van der Waals surface area contributed by atoms with Crippen LogP contribution in [0, 0.1) is 0 Å². The molecule has 0 radical (unpaired) electrons. The number of rotatable bonds is 3. The van der Waals surface area contributed by atoms with Crippen LogP contribution in [0.1, 0.15) is 11.8 Å². The van der Waals surface area contributed by atoms with Crippen molar-refractivity contribution in [3.05, 3.63) is 30.0 Å². The van der Waals surface area contributed by atoms with Gasteiger partial charge in [0.1, 0.15) is 17.8 Å². The van der Waals surface area contributed by atoms with E-state index in [0.29, 0.717) is 5.39 Å². The van der Waals surface area contributed by atoms with E-state index in [1.54, 1.807) is 23.9 Å². The van der Waals surface area contributed by atoms with Crippen LogP contribution < -0.4 is 5.73 Å². The van der Waals surface area contributed by atoms with E-state index in [9.17, 15) is 9.90 Å². The van der Waals surface area contributed by atoms with Crippen LogP contribution in [-0.4, -0.2) is 32.0 Å². The first kappa shape index (κ1) is 11.6. The number of fused-ring (bicyclic) bond motifs is 1. The summed E-state index contributed by atoms with van der Waals surface area (Å²) in [7, 11) is 1.73. The standard InChI is InChI=1S/C11H13N3O3/c1-14-7-5-3-2-4-6(7)9(13-14)10(15)8(12)11(16)17/h2-5,8,10,15H,12H2,1H3,(H,16,17). The van der Waals surface area contributed by atoms with Crippen LogP contribution in [0.3, 0.4) is 0 Å². The summed E-state index contributed by atoms with van der Waals surface area (Å²) in [6.07, 6.45) is -1.32. The van der Waals surface area contributed by atoms with Crippen LogP contribution >= 0.6 is 0 Å². The highest BCUT2D eigenvalue weighted by atomic mass is 16.4. The van der Waals surface area contributed by atoms with Crippen LogP contribution in [0.25, 0.3) is 10.9 Å². The van der Waals surface area contributed by atoms with E-state index in [0.717, 1.165) is 5.52 Å². The minimum absolute atomic E-state index is 0.290. The molecule has 2 atom stereocenters. The number of nitrogens with zero attached hydrogens (tertiary/aromatic N) is 2. The molecule has 6 heteroatoms. The first-order valence-electron chi connectivity index (χ1n) is 5.10. The molecule has 1 aromatic carbocycles. The number of aromatic nitrogens is 2. The molecule has 0 aliphatic carbocycles.